The molecule has 0 aliphatic carbocycles. The third-order valence-corrected chi connectivity index (χ3v) is 3.79. The molecule has 0 saturated carbocycles. The van der Waals surface area contributed by atoms with Crippen LogP contribution < -0.4 is 15.5 Å². The highest BCUT2D eigenvalue weighted by atomic mass is 16.2. The molecule has 112 valence electrons. The zero-order valence-corrected chi connectivity index (χ0v) is 12.3. The van der Waals surface area contributed by atoms with Gasteiger partial charge in [-0.15, -0.1) is 0 Å². The average Bonchev–Trinajstić information content (AvgIpc) is 3.14. The highest BCUT2D eigenvalue weighted by Crippen LogP contribution is 2.28. The molecular formula is C14H20N6O. The van der Waals surface area contributed by atoms with Gasteiger partial charge in [-0.3, -0.25) is 4.79 Å². The number of carbonyl (C=O) groups excluding carboxylic acids is 1. The lowest BCUT2D eigenvalue weighted by Gasteiger charge is -2.25. The summed E-state index contributed by atoms with van der Waals surface area (Å²) in [5, 5.41) is 5.96. The van der Waals surface area contributed by atoms with Crippen molar-refractivity contribution in [2.75, 3.05) is 30.4 Å². The Morgan fingerprint density at radius 3 is 3.14 bits per heavy atom. The Kier molecular flexibility index (Phi) is 3.64. The highest BCUT2D eigenvalue weighted by molar-refractivity contribution is 5.86. The summed E-state index contributed by atoms with van der Waals surface area (Å²) >= 11 is 0. The fourth-order valence-electron chi connectivity index (χ4n) is 2.83. The lowest BCUT2D eigenvalue weighted by atomic mass is 10.2. The second kappa shape index (κ2) is 5.59. The van der Waals surface area contributed by atoms with E-state index in [0.717, 1.165) is 43.2 Å². The van der Waals surface area contributed by atoms with E-state index in [1.165, 1.54) is 0 Å². The molecule has 1 atom stereocenters. The first-order valence-electron chi connectivity index (χ1n) is 7.30. The van der Waals surface area contributed by atoms with Gasteiger partial charge < -0.3 is 19.9 Å². The van der Waals surface area contributed by atoms with Crippen molar-refractivity contribution < 1.29 is 4.79 Å². The highest BCUT2D eigenvalue weighted by Gasteiger charge is 2.32. The van der Waals surface area contributed by atoms with Gasteiger partial charge in [0, 0.05) is 32.5 Å². The number of anilines is 2. The van der Waals surface area contributed by atoms with E-state index in [1.807, 2.05) is 23.7 Å². The maximum Gasteiger partial charge on any atom is 0.242 e. The molecule has 1 aliphatic rings. The van der Waals surface area contributed by atoms with Gasteiger partial charge in [0.2, 0.25) is 5.91 Å². The van der Waals surface area contributed by atoms with E-state index in [0.29, 0.717) is 0 Å². The number of nitrogens with zero attached hydrogens (tertiary/aromatic N) is 4. The van der Waals surface area contributed by atoms with Crippen molar-refractivity contribution in [1.29, 1.82) is 0 Å². The normalized spacial score (nSPS) is 18.2. The van der Waals surface area contributed by atoms with Crippen LogP contribution in [0.5, 0.6) is 0 Å². The maximum atomic E-state index is 12.1. The number of nitrogens with one attached hydrogen (secondary N) is 2. The average molecular weight is 288 g/mol. The molecule has 1 unspecified atom stereocenters. The Labute approximate surface area is 123 Å². The second-order valence-electron chi connectivity index (χ2n) is 5.10. The van der Waals surface area contributed by atoms with Crippen molar-refractivity contribution in [1.82, 2.24) is 19.7 Å². The number of carbonyl (C=O) groups is 1. The standard InChI is InChI=1S/C14H20N6O/c1-3-16-11-9-19-8-6-17-12(19)13(18-11)20-7-4-5-10(20)14(21)15-2/h6,8-10,16H,3-5,7H2,1-2H3,(H,15,21). The Hall–Kier alpha value is -2.31. The summed E-state index contributed by atoms with van der Waals surface area (Å²) < 4.78 is 1.94. The molecule has 1 aliphatic heterocycles. The zero-order valence-electron chi connectivity index (χ0n) is 12.3. The summed E-state index contributed by atoms with van der Waals surface area (Å²) in [7, 11) is 1.67. The van der Waals surface area contributed by atoms with Gasteiger partial charge in [0.1, 0.15) is 11.9 Å². The fraction of sp³-hybridized carbons (Fsp3) is 0.500. The van der Waals surface area contributed by atoms with Crippen molar-refractivity contribution in [3.05, 3.63) is 18.6 Å². The molecule has 0 radical (unpaired) electrons. The summed E-state index contributed by atoms with van der Waals surface area (Å²) in [5.74, 6) is 1.60. The zero-order chi connectivity index (χ0) is 14.8. The first-order valence-corrected chi connectivity index (χ1v) is 7.30. The summed E-state index contributed by atoms with van der Waals surface area (Å²) in [6, 6.07) is -0.167. The van der Waals surface area contributed by atoms with Crippen LogP contribution in [-0.4, -0.2) is 46.5 Å². The minimum atomic E-state index is -0.167. The predicted octanol–water partition coefficient (Wildman–Crippen LogP) is 0.876. The Morgan fingerprint density at radius 2 is 2.38 bits per heavy atom. The number of amides is 1. The number of likely N-dealkylation sites (N-methyl/N-ethyl adjacent to an activating group) is 1. The van der Waals surface area contributed by atoms with Crippen molar-refractivity contribution >= 4 is 23.2 Å². The van der Waals surface area contributed by atoms with Crippen LogP contribution in [0.2, 0.25) is 0 Å². The molecule has 1 saturated heterocycles. The molecule has 7 nitrogen and oxygen atoms in total. The minimum absolute atomic E-state index is 0.0351. The number of rotatable bonds is 4. The fourth-order valence-corrected chi connectivity index (χ4v) is 2.83. The van der Waals surface area contributed by atoms with E-state index < -0.39 is 0 Å². The first kappa shape index (κ1) is 13.7. The molecule has 0 aromatic carbocycles. The van der Waals surface area contributed by atoms with Gasteiger partial charge in [-0.2, -0.15) is 0 Å². The van der Waals surface area contributed by atoms with Crippen LogP contribution >= 0.6 is 0 Å². The van der Waals surface area contributed by atoms with E-state index in [1.54, 1.807) is 13.2 Å². The molecule has 3 rings (SSSR count). The third-order valence-electron chi connectivity index (χ3n) is 3.79. The Bertz CT molecular complexity index is 652. The van der Waals surface area contributed by atoms with E-state index in [-0.39, 0.29) is 11.9 Å². The molecule has 1 amide bonds. The molecule has 21 heavy (non-hydrogen) atoms. The predicted molar refractivity (Wildman–Crippen MR) is 81.6 cm³/mol. The number of fused-ring (bicyclic) bond motifs is 1. The van der Waals surface area contributed by atoms with E-state index in [2.05, 4.69) is 25.5 Å². The molecule has 0 bridgehead atoms. The van der Waals surface area contributed by atoms with Crippen LogP contribution in [0.3, 0.4) is 0 Å². The molecule has 2 aromatic heterocycles. The van der Waals surface area contributed by atoms with Crippen LogP contribution in [-0.2, 0) is 4.79 Å². The third kappa shape index (κ3) is 2.39. The summed E-state index contributed by atoms with van der Waals surface area (Å²) in [6.07, 6.45) is 7.39. The Morgan fingerprint density at radius 1 is 1.52 bits per heavy atom. The van der Waals surface area contributed by atoms with Crippen molar-refractivity contribution in [2.45, 2.75) is 25.8 Å². The molecule has 3 heterocycles. The number of hydrogen-bond acceptors (Lipinski definition) is 5. The number of hydrogen-bond donors (Lipinski definition) is 2. The van der Waals surface area contributed by atoms with E-state index in [4.69, 9.17) is 0 Å². The van der Waals surface area contributed by atoms with Crippen LogP contribution in [0, 0.1) is 0 Å². The maximum absolute atomic E-state index is 12.1. The van der Waals surface area contributed by atoms with Crippen molar-refractivity contribution in [2.24, 2.45) is 0 Å². The SMILES string of the molecule is CCNc1cn2ccnc2c(N2CCCC2C(=O)NC)n1. The van der Waals surface area contributed by atoms with E-state index >= 15 is 0 Å². The summed E-state index contributed by atoms with van der Waals surface area (Å²) in [6.45, 7) is 3.65. The van der Waals surface area contributed by atoms with Crippen LogP contribution in [0.15, 0.2) is 18.6 Å². The topological polar surface area (TPSA) is 74.6 Å². The molecule has 7 heteroatoms. The van der Waals surface area contributed by atoms with Gasteiger partial charge in [-0.1, -0.05) is 0 Å². The Balaban J connectivity index is 2.05. The number of imidazole rings is 1. The van der Waals surface area contributed by atoms with Gasteiger partial charge in [-0.05, 0) is 19.8 Å². The lowest BCUT2D eigenvalue weighted by molar-refractivity contribution is -0.121. The number of aromatic nitrogens is 3. The second-order valence-corrected chi connectivity index (χ2v) is 5.10. The first-order chi connectivity index (χ1) is 10.2. The van der Waals surface area contributed by atoms with Crippen LogP contribution in [0.1, 0.15) is 19.8 Å². The summed E-state index contributed by atoms with van der Waals surface area (Å²) in [4.78, 5) is 23.2. The van der Waals surface area contributed by atoms with Crippen molar-refractivity contribution in [3.63, 3.8) is 0 Å². The van der Waals surface area contributed by atoms with E-state index in [9.17, 15) is 4.79 Å². The largest absolute Gasteiger partial charge is 0.369 e. The quantitative estimate of drug-likeness (QED) is 0.873. The molecular weight excluding hydrogens is 268 g/mol. The van der Waals surface area contributed by atoms with Gasteiger partial charge in [0.05, 0.1) is 6.20 Å². The monoisotopic (exact) mass is 288 g/mol. The molecule has 2 N–H and O–H groups in total. The van der Waals surface area contributed by atoms with Crippen LogP contribution in [0.25, 0.3) is 5.65 Å². The van der Waals surface area contributed by atoms with Gasteiger partial charge >= 0.3 is 0 Å². The molecule has 2 aromatic rings. The lowest BCUT2D eigenvalue weighted by Crippen LogP contribution is -2.42. The van der Waals surface area contributed by atoms with Crippen LogP contribution in [0.4, 0.5) is 11.6 Å². The summed E-state index contributed by atoms with van der Waals surface area (Å²) in [5.41, 5.74) is 0.785. The minimum Gasteiger partial charge on any atom is -0.369 e. The smallest absolute Gasteiger partial charge is 0.242 e. The van der Waals surface area contributed by atoms with Crippen molar-refractivity contribution in [3.8, 4) is 0 Å². The molecule has 1 fully saturated rings. The van der Waals surface area contributed by atoms with Gasteiger partial charge in [0.25, 0.3) is 0 Å². The van der Waals surface area contributed by atoms with Gasteiger partial charge in [-0.25, -0.2) is 9.97 Å². The molecule has 0 spiro atoms. The van der Waals surface area contributed by atoms with Gasteiger partial charge in [0.15, 0.2) is 11.5 Å².